The van der Waals surface area contributed by atoms with Crippen LogP contribution in [0.25, 0.3) is 0 Å². The molecule has 0 radical (unpaired) electrons. The van der Waals surface area contributed by atoms with Gasteiger partial charge < -0.3 is 15.3 Å². The number of aliphatic hydroxyl groups excluding tert-OH is 1. The summed E-state index contributed by atoms with van der Waals surface area (Å²) in [4.78, 5) is 0. The summed E-state index contributed by atoms with van der Waals surface area (Å²) in [5.41, 5.74) is 6.52. The highest BCUT2D eigenvalue weighted by molar-refractivity contribution is 7.98. The van der Waals surface area contributed by atoms with Gasteiger partial charge >= 0.3 is 0 Å². The fourth-order valence-electron chi connectivity index (χ4n) is 1.26. The molecule has 1 aromatic rings. The van der Waals surface area contributed by atoms with Crippen molar-refractivity contribution in [2.45, 2.75) is 31.6 Å². The zero-order chi connectivity index (χ0) is 11.1. The minimum Gasteiger partial charge on any atom is -0.468 e. The summed E-state index contributed by atoms with van der Waals surface area (Å²) in [6.07, 6.45) is 3.18. The van der Waals surface area contributed by atoms with Crippen LogP contribution in [0, 0.1) is 6.92 Å². The van der Waals surface area contributed by atoms with E-state index in [2.05, 4.69) is 6.92 Å². The Bertz CT molecular complexity index is 275. The number of thioether (sulfide) groups is 1. The van der Waals surface area contributed by atoms with Gasteiger partial charge in [0.2, 0.25) is 0 Å². The Balaban J connectivity index is 2.05. The summed E-state index contributed by atoms with van der Waals surface area (Å²) in [6.45, 7) is 2.42. The van der Waals surface area contributed by atoms with Gasteiger partial charge in [0.05, 0.1) is 18.1 Å². The molecule has 0 aromatic carbocycles. The minimum absolute atomic E-state index is 0.337. The van der Waals surface area contributed by atoms with E-state index in [0.717, 1.165) is 30.1 Å². The van der Waals surface area contributed by atoms with Gasteiger partial charge in [0.25, 0.3) is 0 Å². The molecule has 3 nitrogen and oxygen atoms in total. The van der Waals surface area contributed by atoms with Gasteiger partial charge in [0.1, 0.15) is 5.76 Å². The number of hydrogen-bond donors (Lipinski definition) is 2. The number of aliphatic hydroxyl groups is 1. The SMILES string of the molecule is Cc1ccoc1CSCCCC(O)CN. The van der Waals surface area contributed by atoms with Crippen molar-refractivity contribution >= 4 is 11.8 Å². The second-order valence-electron chi connectivity index (χ2n) is 3.61. The molecule has 0 bridgehead atoms. The number of rotatable bonds is 7. The van der Waals surface area contributed by atoms with Crippen molar-refractivity contribution in [2.24, 2.45) is 5.73 Å². The smallest absolute Gasteiger partial charge is 0.116 e. The summed E-state index contributed by atoms with van der Waals surface area (Å²) in [5.74, 6) is 3.01. The largest absolute Gasteiger partial charge is 0.468 e. The second kappa shape index (κ2) is 6.93. The lowest BCUT2D eigenvalue weighted by atomic mass is 10.2. The first-order chi connectivity index (χ1) is 7.24. The van der Waals surface area contributed by atoms with Crippen LogP contribution in [-0.4, -0.2) is 23.5 Å². The standard InChI is InChI=1S/C11H19NO2S/c1-9-4-5-14-11(9)8-15-6-2-3-10(13)7-12/h4-5,10,13H,2-3,6-8,12H2,1H3. The molecule has 0 aliphatic carbocycles. The lowest BCUT2D eigenvalue weighted by Crippen LogP contribution is -2.19. The third-order valence-electron chi connectivity index (χ3n) is 2.30. The molecule has 86 valence electrons. The molecule has 0 spiro atoms. The Hall–Kier alpha value is -0.450. The molecule has 4 heteroatoms. The van der Waals surface area contributed by atoms with Crippen molar-refractivity contribution in [1.82, 2.24) is 0 Å². The fraction of sp³-hybridized carbons (Fsp3) is 0.636. The fourth-order valence-corrected chi connectivity index (χ4v) is 2.25. The Kier molecular flexibility index (Phi) is 5.83. The lowest BCUT2D eigenvalue weighted by Gasteiger charge is -2.06. The molecule has 1 heterocycles. The first-order valence-electron chi connectivity index (χ1n) is 5.23. The zero-order valence-corrected chi connectivity index (χ0v) is 9.93. The number of aryl methyl sites for hydroxylation is 1. The normalized spacial score (nSPS) is 13.0. The van der Waals surface area contributed by atoms with Crippen LogP contribution < -0.4 is 5.73 Å². The third-order valence-corrected chi connectivity index (χ3v) is 3.34. The molecule has 1 rings (SSSR count). The molecule has 1 atom stereocenters. The van der Waals surface area contributed by atoms with Crippen LogP contribution in [0.3, 0.4) is 0 Å². The van der Waals surface area contributed by atoms with Gasteiger partial charge in [-0.3, -0.25) is 0 Å². The lowest BCUT2D eigenvalue weighted by molar-refractivity contribution is 0.172. The van der Waals surface area contributed by atoms with E-state index in [1.807, 2.05) is 17.8 Å². The minimum atomic E-state index is -0.337. The molecule has 3 N–H and O–H groups in total. The quantitative estimate of drug-likeness (QED) is 0.701. The van der Waals surface area contributed by atoms with E-state index in [-0.39, 0.29) is 6.10 Å². The summed E-state index contributed by atoms with van der Waals surface area (Å²) in [7, 11) is 0. The van der Waals surface area contributed by atoms with Crippen molar-refractivity contribution in [3.63, 3.8) is 0 Å². The van der Waals surface area contributed by atoms with Crippen molar-refractivity contribution < 1.29 is 9.52 Å². The Morgan fingerprint density at radius 2 is 2.40 bits per heavy atom. The molecule has 1 unspecified atom stereocenters. The van der Waals surface area contributed by atoms with Gasteiger partial charge in [0.15, 0.2) is 0 Å². The van der Waals surface area contributed by atoms with Crippen LogP contribution in [-0.2, 0) is 5.75 Å². The maximum Gasteiger partial charge on any atom is 0.116 e. The van der Waals surface area contributed by atoms with Crippen molar-refractivity contribution in [2.75, 3.05) is 12.3 Å². The number of nitrogens with two attached hydrogens (primary N) is 1. The summed E-state index contributed by atoms with van der Waals surface area (Å²) in [5, 5.41) is 9.23. The summed E-state index contributed by atoms with van der Waals surface area (Å²) in [6, 6.07) is 1.98. The molecule has 1 aromatic heterocycles. The molecule has 0 aliphatic heterocycles. The highest BCUT2D eigenvalue weighted by atomic mass is 32.2. The molecule has 0 fully saturated rings. The van der Waals surface area contributed by atoms with Crippen LogP contribution in [0.2, 0.25) is 0 Å². The topological polar surface area (TPSA) is 59.4 Å². The number of hydrogen-bond acceptors (Lipinski definition) is 4. The van der Waals surface area contributed by atoms with Crippen LogP contribution >= 0.6 is 11.8 Å². The maximum atomic E-state index is 9.23. The molecule has 0 amide bonds. The van der Waals surface area contributed by atoms with Gasteiger partial charge in [-0.15, -0.1) is 0 Å². The molecular weight excluding hydrogens is 210 g/mol. The Morgan fingerprint density at radius 1 is 1.60 bits per heavy atom. The first-order valence-corrected chi connectivity index (χ1v) is 6.38. The van der Waals surface area contributed by atoms with E-state index in [1.54, 1.807) is 6.26 Å². The Labute approximate surface area is 95.0 Å². The molecule has 0 aliphatic rings. The second-order valence-corrected chi connectivity index (χ2v) is 4.72. The van der Waals surface area contributed by atoms with E-state index in [0.29, 0.717) is 6.54 Å². The van der Waals surface area contributed by atoms with Gasteiger partial charge in [-0.05, 0) is 37.1 Å². The Morgan fingerprint density at radius 3 is 3.00 bits per heavy atom. The predicted molar refractivity (Wildman–Crippen MR) is 63.9 cm³/mol. The van der Waals surface area contributed by atoms with Crippen molar-refractivity contribution in [1.29, 1.82) is 0 Å². The number of furan rings is 1. The van der Waals surface area contributed by atoms with Crippen molar-refractivity contribution in [3.8, 4) is 0 Å². The average molecular weight is 229 g/mol. The van der Waals surface area contributed by atoms with Crippen LogP contribution in [0.4, 0.5) is 0 Å². The summed E-state index contributed by atoms with van der Waals surface area (Å²) >= 11 is 1.83. The zero-order valence-electron chi connectivity index (χ0n) is 9.11. The maximum absolute atomic E-state index is 9.23. The average Bonchev–Trinajstić information content (AvgIpc) is 2.63. The first kappa shape index (κ1) is 12.6. The predicted octanol–water partition coefficient (Wildman–Crippen LogP) is 1.92. The van der Waals surface area contributed by atoms with Gasteiger partial charge in [-0.2, -0.15) is 11.8 Å². The van der Waals surface area contributed by atoms with Crippen LogP contribution in [0.15, 0.2) is 16.7 Å². The van der Waals surface area contributed by atoms with Crippen LogP contribution in [0.1, 0.15) is 24.2 Å². The molecule has 0 saturated heterocycles. The van der Waals surface area contributed by atoms with E-state index >= 15 is 0 Å². The van der Waals surface area contributed by atoms with E-state index in [4.69, 9.17) is 10.2 Å². The van der Waals surface area contributed by atoms with E-state index in [9.17, 15) is 5.11 Å². The van der Waals surface area contributed by atoms with Gasteiger partial charge in [-0.25, -0.2) is 0 Å². The van der Waals surface area contributed by atoms with Crippen molar-refractivity contribution in [3.05, 3.63) is 23.7 Å². The van der Waals surface area contributed by atoms with Gasteiger partial charge in [-0.1, -0.05) is 0 Å². The van der Waals surface area contributed by atoms with Crippen LogP contribution in [0.5, 0.6) is 0 Å². The molecule has 0 saturated carbocycles. The monoisotopic (exact) mass is 229 g/mol. The van der Waals surface area contributed by atoms with E-state index < -0.39 is 0 Å². The van der Waals surface area contributed by atoms with Gasteiger partial charge in [0, 0.05) is 6.54 Å². The third kappa shape index (κ3) is 4.73. The highest BCUT2D eigenvalue weighted by Gasteiger charge is 2.03. The highest BCUT2D eigenvalue weighted by Crippen LogP contribution is 2.18. The van der Waals surface area contributed by atoms with E-state index in [1.165, 1.54) is 5.56 Å². The molecular formula is C11H19NO2S. The molecule has 15 heavy (non-hydrogen) atoms. The summed E-state index contributed by atoms with van der Waals surface area (Å²) < 4.78 is 5.32.